The molecule has 0 aromatic carbocycles. The molecule has 0 aromatic rings. The van der Waals surface area contributed by atoms with E-state index in [1.54, 1.807) is 0 Å². The number of nitrogens with zero attached hydrogens (tertiary/aromatic N) is 1. The Morgan fingerprint density at radius 3 is 2.73 bits per heavy atom. The minimum absolute atomic E-state index is 0.0220. The zero-order valence-corrected chi connectivity index (χ0v) is 9.48. The first-order valence-electron chi connectivity index (χ1n) is 5.91. The fourth-order valence-corrected chi connectivity index (χ4v) is 2.07. The van der Waals surface area contributed by atoms with E-state index in [1.165, 1.54) is 0 Å². The summed E-state index contributed by atoms with van der Waals surface area (Å²) in [7, 11) is 0. The molecular weight excluding hydrogens is 194 g/mol. The van der Waals surface area contributed by atoms with Crippen LogP contribution in [0, 0.1) is 0 Å². The molecule has 0 N–H and O–H groups in total. The van der Waals surface area contributed by atoms with Crippen LogP contribution in [0.1, 0.15) is 19.8 Å². The van der Waals surface area contributed by atoms with Crippen LogP contribution in [0.4, 0.5) is 0 Å². The summed E-state index contributed by atoms with van der Waals surface area (Å²) >= 11 is 0. The molecule has 2 heterocycles. The van der Waals surface area contributed by atoms with Crippen LogP contribution in [0.3, 0.4) is 0 Å². The number of rotatable bonds is 3. The smallest absolute Gasteiger partial charge is 0.158 e. The van der Waals surface area contributed by atoms with Gasteiger partial charge in [-0.3, -0.25) is 4.90 Å². The molecule has 2 aliphatic heterocycles. The lowest BCUT2D eigenvalue weighted by atomic mass is 10.2. The largest absolute Gasteiger partial charge is 0.379 e. The molecule has 2 aliphatic rings. The molecule has 4 nitrogen and oxygen atoms in total. The van der Waals surface area contributed by atoms with Gasteiger partial charge in [-0.15, -0.1) is 0 Å². The predicted octanol–water partition coefficient (Wildman–Crippen LogP) is 0.860. The number of hydrogen-bond acceptors (Lipinski definition) is 4. The van der Waals surface area contributed by atoms with Gasteiger partial charge in [0.15, 0.2) is 6.29 Å². The highest BCUT2D eigenvalue weighted by atomic mass is 16.7. The zero-order valence-electron chi connectivity index (χ0n) is 9.48. The monoisotopic (exact) mass is 215 g/mol. The standard InChI is InChI=1S/C11H21NO3/c1-10-9-13-8-5-12(10)4-3-11-14-6-2-7-15-11/h10-11H,2-9H2,1H3. The lowest BCUT2D eigenvalue weighted by Crippen LogP contribution is -2.45. The molecule has 1 atom stereocenters. The molecule has 0 bridgehead atoms. The summed E-state index contributed by atoms with van der Waals surface area (Å²) in [6, 6.07) is 0.530. The molecule has 0 aromatic heterocycles. The molecular formula is C11H21NO3. The molecule has 0 radical (unpaired) electrons. The van der Waals surface area contributed by atoms with Crippen molar-refractivity contribution in [3.05, 3.63) is 0 Å². The van der Waals surface area contributed by atoms with Gasteiger partial charge in [-0.2, -0.15) is 0 Å². The Balaban J connectivity index is 1.67. The SMILES string of the molecule is CC1COCCN1CCC1OCCCO1. The number of ether oxygens (including phenoxy) is 3. The molecule has 2 saturated heterocycles. The molecule has 0 saturated carbocycles. The first-order chi connectivity index (χ1) is 7.36. The minimum atomic E-state index is 0.0220. The molecule has 0 spiro atoms. The van der Waals surface area contributed by atoms with Gasteiger partial charge in [0.1, 0.15) is 0 Å². The summed E-state index contributed by atoms with van der Waals surface area (Å²) in [6.45, 7) is 7.71. The van der Waals surface area contributed by atoms with E-state index >= 15 is 0 Å². The highest BCUT2D eigenvalue weighted by Crippen LogP contribution is 2.12. The van der Waals surface area contributed by atoms with Crippen molar-refractivity contribution in [1.29, 1.82) is 0 Å². The predicted molar refractivity (Wildman–Crippen MR) is 56.8 cm³/mol. The van der Waals surface area contributed by atoms with Crippen molar-refractivity contribution < 1.29 is 14.2 Å². The van der Waals surface area contributed by atoms with E-state index in [0.717, 1.165) is 52.4 Å². The van der Waals surface area contributed by atoms with Crippen molar-refractivity contribution in [2.24, 2.45) is 0 Å². The topological polar surface area (TPSA) is 30.9 Å². The van der Waals surface area contributed by atoms with Gasteiger partial charge in [0.25, 0.3) is 0 Å². The van der Waals surface area contributed by atoms with Crippen LogP contribution in [0.15, 0.2) is 0 Å². The van der Waals surface area contributed by atoms with Crippen LogP contribution in [-0.4, -0.2) is 56.7 Å². The van der Waals surface area contributed by atoms with E-state index in [4.69, 9.17) is 14.2 Å². The molecule has 2 rings (SSSR count). The maximum atomic E-state index is 5.52. The van der Waals surface area contributed by atoms with E-state index in [9.17, 15) is 0 Å². The Morgan fingerprint density at radius 1 is 1.20 bits per heavy atom. The Kier molecular flexibility index (Phi) is 4.38. The van der Waals surface area contributed by atoms with Gasteiger partial charge in [-0.05, 0) is 13.3 Å². The summed E-state index contributed by atoms with van der Waals surface area (Å²) in [6.07, 6.45) is 2.03. The van der Waals surface area contributed by atoms with Crippen LogP contribution in [0.2, 0.25) is 0 Å². The Labute approximate surface area is 91.5 Å². The second-order valence-corrected chi connectivity index (χ2v) is 4.27. The minimum Gasteiger partial charge on any atom is -0.379 e. The third-order valence-corrected chi connectivity index (χ3v) is 3.05. The van der Waals surface area contributed by atoms with Crippen LogP contribution in [-0.2, 0) is 14.2 Å². The molecule has 0 aliphatic carbocycles. The Bertz CT molecular complexity index is 183. The Morgan fingerprint density at radius 2 is 2.00 bits per heavy atom. The highest BCUT2D eigenvalue weighted by Gasteiger charge is 2.21. The summed E-state index contributed by atoms with van der Waals surface area (Å²) in [5.74, 6) is 0. The quantitative estimate of drug-likeness (QED) is 0.698. The molecule has 15 heavy (non-hydrogen) atoms. The fraction of sp³-hybridized carbons (Fsp3) is 1.00. The van der Waals surface area contributed by atoms with E-state index in [1.807, 2.05) is 0 Å². The van der Waals surface area contributed by atoms with Gasteiger partial charge in [0, 0.05) is 25.6 Å². The first-order valence-corrected chi connectivity index (χ1v) is 5.91. The summed E-state index contributed by atoms with van der Waals surface area (Å²) in [5.41, 5.74) is 0. The summed E-state index contributed by atoms with van der Waals surface area (Å²) < 4.78 is 16.4. The van der Waals surface area contributed by atoms with Gasteiger partial charge >= 0.3 is 0 Å². The van der Waals surface area contributed by atoms with E-state index in [-0.39, 0.29) is 6.29 Å². The second kappa shape index (κ2) is 5.80. The average Bonchev–Trinajstić information content (AvgIpc) is 2.29. The van der Waals surface area contributed by atoms with Crippen molar-refractivity contribution in [2.75, 3.05) is 39.5 Å². The Hall–Kier alpha value is -0.160. The van der Waals surface area contributed by atoms with Gasteiger partial charge in [0.05, 0.1) is 26.4 Å². The third-order valence-electron chi connectivity index (χ3n) is 3.05. The highest BCUT2D eigenvalue weighted by molar-refractivity contribution is 4.71. The van der Waals surface area contributed by atoms with Gasteiger partial charge in [-0.1, -0.05) is 0 Å². The van der Waals surface area contributed by atoms with Gasteiger partial charge in [0.2, 0.25) is 0 Å². The van der Waals surface area contributed by atoms with Crippen LogP contribution < -0.4 is 0 Å². The lowest BCUT2D eigenvalue weighted by Gasteiger charge is -2.34. The van der Waals surface area contributed by atoms with Crippen molar-refractivity contribution in [3.8, 4) is 0 Å². The second-order valence-electron chi connectivity index (χ2n) is 4.27. The van der Waals surface area contributed by atoms with Gasteiger partial charge in [-0.25, -0.2) is 0 Å². The van der Waals surface area contributed by atoms with Crippen LogP contribution >= 0.6 is 0 Å². The van der Waals surface area contributed by atoms with Gasteiger partial charge < -0.3 is 14.2 Å². The van der Waals surface area contributed by atoms with Crippen molar-refractivity contribution in [1.82, 2.24) is 4.90 Å². The number of morpholine rings is 1. The average molecular weight is 215 g/mol. The van der Waals surface area contributed by atoms with Crippen molar-refractivity contribution in [2.45, 2.75) is 32.1 Å². The maximum absolute atomic E-state index is 5.52. The van der Waals surface area contributed by atoms with E-state index < -0.39 is 0 Å². The van der Waals surface area contributed by atoms with Crippen LogP contribution in [0.5, 0.6) is 0 Å². The summed E-state index contributed by atoms with van der Waals surface area (Å²) in [5, 5.41) is 0. The third kappa shape index (κ3) is 3.41. The van der Waals surface area contributed by atoms with Crippen molar-refractivity contribution in [3.63, 3.8) is 0 Å². The zero-order chi connectivity index (χ0) is 10.5. The molecule has 2 fully saturated rings. The van der Waals surface area contributed by atoms with Crippen LogP contribution in [0.25, 0.3) is 0 Å². The molecule has 0 amide bonds. The molecule has 1 unspecified atom stereocenters. The first kappa shape index (κ1) is 11.3. The fourth-order valence-electron chi connectivity index (χ4n) is 2.07. The van der Waals surface area contributed by atoms with E-state index in [2.05, 4.69) is 11.8 Å². The number of hydrogen-bond donors (Lipinski definition) is 0. The normalized spacial score (nSPS) is 30.6. The molecule has 88 valence electrons. The van der Waals surface area contributed by atoms with Crippen molar-refractivity contribution >= 4 is 0 Å². The molecule has 4 heteroatoms. The summed E-state index contributed by atoms with van der Waals surface area (Å²) in [4.78, 5) is 2.45. The lowest BCUT2D eigenvalue weighted by molar-refractivity contribution is -0.184. The maximum Gasteiger partial charge on any atom is 0.158 e. The van der Waals surface area contributed by atoms with E-state index in [0.29, 0.717) is 6.04 Å².